The molecule has 0 aliphatic heterocycles. The number of rotatable bonds is 4. The number of benzene rings is 1. The van der Waals surface area contributed by atoms with Crippen LogP contribution in [0.25, 0.3) is 10.9 Å². The van der Waals surface area contributed by atoms with Crippen LogP contribution in [0.2, 0.25) is 0 Å². The molecule has 4 heteroatoms. The molecule has 0 bridgehead atoms. The molecule has 2 rings (SSSR count). The van der Waals surface area contributed by atoms with E-state index in [0.29, 0.717) is 6.54 Å². The molecule has 0 saturated carbocycles. The highest BCUT2D eigenvalue weighted by Crippen LogP contribution is 2.22. The van der Waals surface area contributed by atoms with Crippen molar-refractivity contribution in [3.63, 3.8) is 0 Å². The van der Waals surface area contributed by atoms with E-state index in [9.17, 15) is 5.11 Å². The first kappa shape index (κ1) is 11.8. The highest BCUT2D eigenvalue weighted by molar-refractivity contribution is 5.81. The maximum absolute atomic E-state index is 9.37. The van der Waals surface area contributed by atoms with Crippen molar-refractivity contribution in [3.05, 3.63) is 35.9 Å². The van der Waals surface area contributed by atoms with E-state index in [1.165, 1.54) is 0 Å². The molecule has 17 heavy (non-hydrogen) atoms. The number of pyridine rings is 1. The summed E-state index contributed by atoms with van der Waals surface area (Å²) >= 11 is 0. The Hall–Kier alpha value is -1.65. The van der Waals surface area contributed by atoms with Crippen LogP contribution < -0.4 is 4.90 Å². The number of hydrogen-bond donors (Lipinski definition) is 2. The summed E-state index contributed by atoms with van der Waals surface area (Å²) in [5.41, 5.74) is 1.67. The molecule has 4 nitrogen and oxygen atoms in total. The summed E-state index contributed by atoms with van der Waals surface area (Å²) < 4.78 is 0. The normalized spacial score (nSPS) is 10.8. The van der Waals surface area contributed by atoms with Crippen molar-refractivity contribution in [1.29, 1.82) is 0 Å². The third-order valence-electron chi connectivity index (χ3n) is 2.75. The zero-order chi connectivity index (χ0) is 12.3. The topological polar surface area (TPSA) is 56.6 Å². The fourth-order valence-electron chi connectivity index (χ4n) is 1.85. The molecule has 0 aliphatic rings. The van der Waals surface area contributed by atoms with E-state index in [4.69, 9.17) is 5.11 Å². The summed E-state index contributed by atoms with van der Waals surface area (Å²) in [5.74, 6) is 0.722. The Morgan fingerprint density at radius 3 is 2.71 bits per heavy atom. The molecule has 0 aliphatic carbocycles. The Balaban J connectivity index is 2.52. The van der Waals surface area contributed by atoms with Gasteiger partial charge in [-0.25, -0.2) is 4.98 Å². The van der Waals surface area contributed by atoms with Crippen molar-refractivity contribution < 1.29 is 10.2 Å². The van der Waals surface area contributed by atoms with E-state index in [1.54, 1.807) is 0 Å². The van der Waals surface area contributed by atoms with Crippen LogP contribution >= 0.6 is 0 Å². The minimum absolute atomic E-state index is 0.0526. The molecule has 0 spiro atoms. The van der Waals surface area contributed by atoms with Gasteiger partial charge in [-0.2, -0.15) is 0 Å². The first-order chi connectivity index (χ1) is 8.26. The van der Waals surface area contributed by atoms with Crippen LogP contribution in [0.5, 0.6) is 0 Å². The zero-order valence-electron chi connectivity index (χ0n) is 9.80. The quantitative estimate of drug-likeness (QED) is 0.830. The predicted molar refractivity (Wildman–Crippen MR) is 68.0 cm³/mol. The van der Waals surface area contributed by atoms with Crippen LogP contribution in [0.4, 0.5) is 5.82 Å². The predicted octanol–water partition coefficient (Wildman–Crippen LogP) is 1.16. The van der Waals surface area contributed by atoms with Crippen molar-refractivity contribution in [1.82, 2.24) is 4.98 Å². The minimum Gasteiger partial charge on any atom is -0.395 e. The fraction of sp³-hybridized carbons (Fsp3) is 0.308. The first-order valence-electron chi connectivity index (χ1n) is 5.57. The van der Waals surface area contributed by atoms with E-state index >= 15 is 0 Å². The number of likely N-dealkylation sites (N-methyl/N-ethyl adjacent to an activating group) is 1. The lowest BCUT2D eigenvalue weighted by atomic mass is 10.1. The Labute approximate surface area is 100 Å². The average Bonchev–Trinajstić information content (AvgIpc) is 2.37. The van der Waals surface area contributed by atoms with Gasteiger partial charge in [-0.3, -0.25) is 0 Å². The molecule has 2 N–H and O–H groups in total. The molecule has 90 valence electrons. The molecule has 1 heterocycles. The second-order valence-electron chi connectivity index (χ2n) is 3.97. The van der Waals surface area contributed by atoms with Gasteiger partial charge in [0.2, 0.25) is 0 Å². The van der Waals surface area contributed by atoms with Crippen LogP contribution in [0.1, 0.15) is 5.56 Å². The Kier molecular flexibility index (Phi) is 3.56. The maximum atomic E-state index is 9.37. The third-order valence-corrected chi connectivity index (χ3v) is 2.75. The Bertz CT molecular complexity index is 514. The average molecular weight is 232 g/mol. The molecule has 0 saturated heterocycles. The van der Waals surface area contributed by atoms with Crippen LogP contribution in [0.3, 0.4) is 0 Å². The number of hydrogen-bond acceptors (Lipinski definition) is 4. The van der Waals surface area contributed by atoms with Gasteiger partial charge in [0.15, 0.2) is 0 Å². The second kappa shape index (κ2) is 5.12. The highest BCUT2D eigenvalue weighted by atomic mass is 16.3. The molecule has 0 radical (unpaired) electrons. The molecule has 0 atom stereocenters. The largest absolute Gasteiger partial charge is 0.395 e. The van der Waals surface area contributed by atoms with Gasteiger partial charge in [-0.1, -0.05) is 18.2 Å². The van der Waals surface area contributed by atoms with Crippen LogP contribution in [0, 0.1) is 0 Å². The van der Waals surface area contributed by atoms with Gasteiger partial charge < -0.3 is 15.1 Å². The number of fused-ring (bicyclic) bond motifs is 1. The lowest BCUT2D eigenvalue weighted by molar-refractivity contribution is 0.280. The second-order valence-corrected chi connectivity index (χ2v) is 3.97. The summed E-state index contributed by atoms with van der Waals surface area (Å²) in [6.07, 6.45) is 0. The summed E-state index contributed by atoms with van der Waals surface area (Å²) in [5, 5.41) is 19.3. The summed E-state index contributed by atoms with van der Waals surface area (Å²) in [6.45, 7) is 0.511. The van der Waals surface area contributed by atoms with Crippen molar-refractivity contribution in [2.75, 3.05) is 25.1 Å². The van der Waals surface area contributed by atoms with Crippen molar-refractivity contribution in [2.24, 2.45) is 0 Å². The molecule has 2 aromatic rings. The van der Waals surface area contributed by atoms with Gasteiger partial charge in [0, 0.05) is 24.5 Å². The number of aliphatic hydroxyl groups excluding tert-OH is 2. The van der Waals surface area contributed by atoms with Crippen molar-refractivity contribution in [3.8, 4) is 0 Å². The molecule has 0 fully saturated rings. The fourth-order valence-corrected chi connectivity index (χ4v) is 1.85. The zero-order valence-corrected chi connectivity index (χ0v) is 9.80. The Morgan fingerprint density at radius 1 is 1.24 bits per heavy atom. The van der Waals surface area contributed by atoms with E-state index in [1.807, 2.05) is 42.3 Å². The van der Waals surface area contributed by atoms with Gasteiger partial charge in [0.05, 0.1) is 18.7 Å². The maximum Gasteiger partial charge on any atom is 0.134 e. The summed E-state index contributed by atoms with van der Waals surface area (Å²) in [6, 6.07) is 9.72. The van der Waals surface area contributed by atoms with Gasteiger partial charge in [0.1, 0.15) is 5.82 Å². The SMILES string of the molecule is CN(CCO)c1nc2ccccc2cc1CO. The lowest BCUT2D eigenvalue weighted by Crippen LogP contribution is -2.23. The molecule has 0 amide bonds. The first-order valence-corrected chi connectivity index (χ1v) is 5.57. The van der Waals surface area contributed by atoms with Gasteiger partial charge in [-0.05, 0) is 12.1 Å². The number of anilines is 1. The van der Waals surface area contributed by atoms with Crippen LogP contribution in [-0.2, 0) is 6.61 Å². The minimum atomic E-state index is -0.0526. The van der Waals surface area contributed by atoms with E-state index < -0.39 is 0 Å². The van der Waals surface area contributed by atoms with Gasteiger partial charge >= 0.3 is 0 Å². The van der Waals surface area contributed by atoms with Crippen molar-refractivity contribution >= 4 is 16.7 Å². The number of para-hydroxylation sites is 1. The smallest absolute Gasteiger partial charge is 0.134 e. The van der Waals surface area contributed by atoms with E-state index in [2.05, 4.69) is 4.98 Å². The van der Waals surface area contributed by atoms with Crippen LogP contribution in [-0.4, -0.2) is 35.4 Å². The number of aromatic nitrogens is 1. The summed E-state index contributed by atoms with van der Waals surface area (Å²) in [7, 11) is 1.85. The lowest BCUT2D eigenvalue weighted by Gasteiger charge is -2.20. The van der Waals surface area contributed by atoms with E-state index in [0.717, 1.165) is 22.3 Å². The number of aliphatic hydroxyl groups is 2. The van der Waals surface area contributed by atoms with E-state index in [-0.39, 0.29) is 13.2 Å². The molecule has 0 unspecified atom stereocenters. The molecule has 1 aromatic heterocycles. The van der Waals surface area contributed by atoms with Gasteiger partial charge in [-0.15, -0.1) is 0 Å². The van der Waals surface area contributed by atoms with Crippen LogP contribution in [0.15, 0.2) is 30.3 Å². The third kappa shape index (κ3) is 2.38. The van der Waals surface area contributed by atoms with Crippen molar-refractivity contribution in [2.45, 2.75) is 6.61 Å². The Morgan fingerprint density at radius 2 is 2.00 bits per heavy atom. The highest BCUT2D eigenvalue weighted by Gasteiger charge is 2.09. The standard InChI is InChI=1S/C13H16N2O2/c1-15(6-7-16)13-11(9-17)8-10-4-2-3-5-12(10)14-13/h2-5,8,16-17H,6-7,9H2,1H3. The monoisotopic (exact) mass is 232 g/mol. The molecule has 1 aromatic carbocycles. The van der Waals surface area contributed by atoms with Gasteiger partial charge in [0.25, 0.3) is 0 Å². The molecular weight excluding hydrogens is 216 g/mol. The summed E-state index contributed by atoms with van der Waals surface area (Å²) in [4.78, 5) is 6.36. The number of nitrogens with zero attached hydrogens (tertiary/aromatic N) is 2. The molecular formula is C13H16N2O2.